The summed E-state index contributed by atoms with van der Waals surface area (Å²) >= 11 is 0. The molecule has 1 aromatic heterocycles. The van der Waals surface area contributed by atoms with E-state index in [2.05, 4.69) is 10.3 Å². The normalized spacial score (nSPS) is 10.4. The first kappa shape index (κ1) is 16.4. The molecule has 0 bridgehead atoms. The largest absolute Gasteiger partial charge is 0.364 e. The Morgan fingerprint density at radius 2 is 1.76 bits per heavy atom. The molecule has 126 valence electrons. The molecule has 0 unspecified atom stereocenters. The third-order valence-electron chi connectivity index (χ3n) is 3.61. The highest BCUT2D eigenvalue weighted by Gasteiger charge is 2.19. The quantitative estimate of drug-likeness (QED) is 0.748. The molecule has 25 heavy (non-hydrogen) atoms. The number of primary amides is 1. The number of hydrogen-bond donors (Lipinski definition) is 2. The maximum absolute atomic E-state index is 13.0. The van der Waals surface area contributed by atoms with Crippen LogP contribution in [0.1, 0.15) is 26.4 Å². The number of nitrogens with one attached hydrogen (secondary N) is 1. The predicted octanol–water partition coefficient (Wildman–Crippen LogP) is 2.42. The molecule has 0 spiro atoms. The average Bonchev–Trinajstić information content (AvgIpc) is 3.00. The molecule has 2 aromatic carbocycles. The molecule has 0 radical (unpaired) electrons. The van der Waals surface area contributed by atoms with Crippen LogP contribution in [0, 0.1) is 5.82 Å². The first-order valence-electron chi connectivity index (χ1n) is 7.50. The lowest BCUT2D eigenvalue weighted by molar-refractivity contribution is 0.0993. The van der Waals surface area contributed by atoms with Gasteiger partial charge in [0.2, 0.25) is 0 Å². The van der Waals surface area contributed by atoms with E-state index in [0.29, 0.717) is 5.56 Å². The molecule has 0 atom stereocenters. The lowest BCUT2D eigenvalue weighted by Gasteiger charge is -2.08. The second-order valence-corrected chi connectivity index (χ2v) is 5.38. The highest BCUT2D eigenvalue weighted by Crippen LogP contribution is 2.16. The highest BCUT2D eigenvalue weighted by molar-refractivity contribution is 6.07. The van der Waals surface area contributed by atoms with Gasteiger partial charge in [-0.1, -0.05) is 30.3 Å². The van der Waals surface area contributed by atoms with Crippen molar-refractivity contribution in [1.29, 1.82) is 0 Å². The van der Waals surface area contributed by atoms with Crippen molar-refractivity contribution in [2.45, 2.75) is 6.54 Å². The third-order valence-corrected chi connectivity index (χ3v) is 3.61. The van der Waals surface area contributed by atoms with Crippen molar-refractivity contribution in [3.05, 3.63) is 83.6 Å². The first-order chi connectivity index (χ1) is 12.0. The zero-order chi connectivity index (χ0) is 17.8. The number of rotatable bonds is 5. The van der Waals surface area contributed by atoms with Crippen molar-refractivity contribution in [2.24, 2.45) is 5.73 Å². The van der Waals surface area contributed by atoms with Crippen LogP contribution in [0.2, 0.25) is 0 Å². The molecule has 7 heteroatoms. The van der Waals surface area contributed by atoms with Gasteiger partial charge in [0.15, 0.2) is 11.5 Å². The highest BCUT2D eigenvalue weighted by atomic mass is 19.1. The maximum Gasteiger partial charge on any atom is 0.269 e. The standard InChI is InChI=1S/C18H15FN4O2/c19-14-8-6-12(7-9-14)10-23-11-21-17(15(23)16(20)24)22-18(25)13-4-2-1-3-5-13/h1-9,11H,10H2,(H2,20,24)(H,22,25). The first-order valence-corrected chi connectivity index (χ1v) is 7.50. The summed E-state index contributed by atoms with van der Waals surface area (Å²) in [5.74, 6) is -1.37. The van der Waals surface area contributed by atoms with Gasteiger partial charge in [-0.25, -0.2) is 9.37 Å². The smallest absolute Gasteiger partial charge is 0.269 e. The number of amides is 2. The minimum Gasteiger partial charge on any atom is -0.364 e. The fourth-order valence-corrected chi connectivity index (χ4v) is 2.41. The van der Waals surface area contributed by atoms with Gasteiger partial charge in [-0.3, -0.25) is 9.59 Å². The van der Waals surface area contributed by atoms with Crippen molar-refractivity contribution in [3.63, 3.8) is 0 Å². The van der Waals surface area contributed by atoms with Crippen LogP contribution in [-0.2, 0) is 6.54 Å². The van der Waals surface area contributed by atoms with Crippen LogP contribution in [0.25, 0.3) is 0 Å². The summed E-state index contributed by atoms with van der Waals surface area (Å²) in [5.41, 5.74) is 6.72. The summed E-state index contributed by atoms with van der Waals surface area (Å²) < 4.78 is 14.5. The summed E-state index contributed by atoms with van der Waals surface area (Å²) in [4.78, 5) is 28.1. The van der Waals surface area contributed by atoms with Crippen molar-refractivity contribution >= 4 is 17.6 Å². The lowest BCUT2D eigenvalue weighted by Crippen LogP contribution is -2.21. The van der Waals surface area contributed by atoms with E-state index in [4.69, 9.17) is 5.73 Å². The zero-order valence-corrected chi connectivity index (χ0v) is 13.1. The molecule has 0 saturated heterocycles. The Kier molecular flexibility index (Phi) is 4.56. The van der Waals surface area contributed by atoms with Crippen LogP contribution in [0.4, 0.5) is 10.2 Å². The number of benzene rings is 2. The molecule has 3 rings (SSSR count). The fraction of sp³-hybridized carbons (Fsp3) is 0.0556. The Labute approximate surface area is 143 Å². The molecule has 1 heterocycles. The Balaban J connectivity index is 1.86. The van der Waals surface area contributed by atoms with Gasteiger partial charge in [0.05, 0.1) is 6.33 Å². The molecule has 0 aliphatic heterocycles. The van der Waals surface area contributed by atoms with Gasteiger partial charge in [-0.05, 0) is 29.8 Å². The van der Waals surface area contributed by atoms with Crippen LogP contribution in [0.15, 0.2) is 60.9 Å². The molecule has 3 aromatic rings. The second-order valence-electron chi connectivity index (χ2n) is 5.38. The molecule has 0 fully saturated rings. The van der Waals surface area contributed by atoms with Gasteiger partial charge in [0, 0.05) is 12.1 Å². The van der Waals surface area contributed by atoms with E-state index in [1.807, 2.05) is 0 Å². The van der Waals surface area contributed by atoms with Gasteiger partial charge in [0.1, 0.15) is 5.82 Å². The predicted molar refractivity (Wildman–Crippen MR) is 90.6 cm³/mol. The monoisotopic (exact) mass is 338 g/mol. The Morgan fingerprint density at radius 3 is 2.40 bits per heavy atom. The van der Waals surface area contributed by atoms with Crippen LogP contribution < -0.4 is 11.1 Å². The number of imidazole rings is 1. The minimum absolute atomic E-state index is 0.0774. The summed E-state index contributed by atoms with van der Waals surface area (Å²) in [6.45, 7) is 0.271. The van der Waals surface area contributed by atoms with E-state index in [1.165, 1.54) is 23.0 Å². The van der Waals surface area contributed by atoms with Crippen LogP contribution in [0.3, 0.4) is 0 Å². The number of carbonyl (C=O) groups excluding carboxylic acids is 2. The summed E-state index contributed by atoms with van der Waals surface area (Å²) in [7, 11) is 0. The second kappa shape index (κ2) is 6.96. The summed E-state index contributed by atoms with van der Waals surface area (Å²) in [6.07, 6.45) is 1.41. The zero-order valence-electron chi connectivity index (χ0n) is 13.1. The van der Waals surface area contributed by atoms with Crippen molar-refractivity contribution < 1.29 is 14.0 Å². The molecular weight excluding hydrogens is 323 g/mol. The molecule has 2 amide bonds. The number of aromatic nitrogens is 2. The number of nitrogens with two attached hydrogens (primary N) is 1. The van der Waals surface area contributed by atoms with Gasteiger partial charge in [-0.2, -0.15) is 0 Å². The third kappa shape index (κ3) is 3.72. The van der Waals surface area contributed by atoms with Crippen LogP contribution in [0.5, 0.6) is 0 Å². The average molecular weight is 338 g/mol. The lowest BCUT2D eigenvalue weighted by atomic mass is 10.2. The Morgan fingerprint density at radius 1 is 1.08 bits per heavy atom. The number of nitrogens with zero attached hydrogens (tertiary/aromatic N) is 2. The molecule has 0 aliphatic rings. The topological polar surface area (TPSA) is 90.0 Å². The Bertz CT molecular complexity index is 905. The van der Waals surface area contributed by atoms with E-state index < -0.39 is 11.8 Å². The van der Waals surface area contributed by atoms with E-state index >= 15 is 0 Å². The van der Waals surface area contributed by atoms with Crippen LogP contribution >= 0.6 is 0 Å². The van der Waals surface area contributed by atoms with Gasteiger partial charge in [0.25, 0.3) is 11.8 Å². The SMILES string of the molecule is NC(=O)c1c(NC(=O)c2ccccc2)ncn1Cc1ccc(F)cc1. The fourth-order valence-electron chi connectivity index (χ4n) is 2.41. The van der Waals surface area contributed by atoms with Crippen LogP contribution in [-0.4, -0.2) is 21.4 Å². The van der Waals surface area contributed by atoms with Gasteiger partial charge >= 0.3 is 0 Å². The summed E-state index contributed by atoms with van der Waals surface area (Å²) in [5, 5.41) is 2.59. The van der Waals surface area contributed by atoms with E-state index in [9.17, 15) is 14.0 Å². The number of hydrogen-bond acceptors (Lipinski definition) is 3. The summed E-state index contributed by atoms with van der Waals surface area (Å²) in [6, 6.07) is 14.4. The molecule has 6 nitrogen and oxygen atoms in total. The van der Waals surface area contributed by atoms with E-state index in [0.717, 1.165) is 5.56 Å². The molecule has 3 N–H and O–H groups in total. The van der Waals surface area contributed by atoms with Crippen molar-refractivity contribution in [2.75, 3.05) is 5.32 Å². The van der Waals surface area contributed by atoms with Gasteiger partial charge < -0.3 is 15.6 Å². The van der Waals surface area contributed by atoms with Crippen molar-refractivity contribution in [3.8, 4) is 0 Å². The number of carbonyl (C=O) groups is 2. The molecular formula is C18H15FN4O2. The van der Waals surface area contributed by atoms with Gasteiger partial charge in [-0.15, -0.1) is 0 Å². The minimum atomic E-state index is -0.719. The molecule has 0 aliphatic carbocycles. The maximum atomic E-state index is 13.0. The Hall–Kier alpha value is -3.48. The van der Waals surface area contributed by atoms with E-state index in [-0.39, 0.29) is 23.9 Å². The number of anilines is 1. The number of halogens is 1. The van der Waals surface area contributed by atoms with Crippen molar-refractivity contribution in [1.82, 2.24) is 9.55 Å². The van der Waals surface area contributed by atoms with E-state index in [1.54, 1.807) is 42.5 Å². The molecule has 0 saturated carbocycles.